The van der Waals surface area contributed by atoms with Crippen molar-refractivity contribution in [3.63, 3.8) is 0 Å². The number of amides is 1. The first kappa shape index (κ1) is 20.0. The predicted molar refractivity (Wildman–Crippen MR) is 115 cm³/mol. The van der Waals surface area contributed by atoms with Crippen molar-refractivity contribution in [2.45, 2.75) is 33.3 Å². The standard InChI is InChI=1S/C24H24ClNO2/c1-3-18-14-15-22(25)21(4-2)23(18)26-24(27)19-12-10-17(11-13-19)16-28-20-8-6-5-7-9-20/h5-15H,3-4,16H2,1-2H3,(H,26,27). The van der Waals surface area contributed by atoms with E-state index in [1.807, 2.05) is 73.7 Å². The number of carbonyl (C=O) groups excluding carboxylic acids is 1. The normalized spacial score (nSPS) is 10.5. The molecule has 0 aliphatic carbocycles. The van der Waals surface area contributed by atoms with Crippen molar-refractivity contribution in [1.29, 1.82) is 0 Å². The molecule has 0 heterocycles. The maximum atomic E-state index is 12.8. The van der Waals surface area contributed by atoms with Crippen molar-refractivity contribution < 1.29 is 9.53 Å². The first-order valence-electron chi connectivity index (χ1n) is 9.50. The fraction of sp³-hybridized carbons (Fsp3) is 0.208. The molecule has 3 nitrogen and oxygen atoms in total. The molecule has 144 valence electrons. The van der Waals surface area contributed by atoms with Crippen LogP contribution in [0.3, 0.4) is 0 Å². The van der Waals surface area contributed by atoms with Crippen LogP contribution in [0, 0.1) is 0 Å². The zero-order valence-corrected chi connectivity index (χ0v) is 16.9. The molecule has 0 aromatic heterocycles. The molecule has 4 heteroatoms. The lowest BCUT2D eigenvalue weighted by molar-refractivity contribution is 0.102. The largest absolute Gasteiger partial charge is 0.489 e. The van der Waals surface area contributed by atoms with Crippen LogP contribution >= 0.6 is 11.6 Å². The topological polar surface area (TPSA) is 38.3 Å². The molecule has 0 spiro atoms. The van der Waals surface area contributed by atoms with E-state index in [9.17, 15) is 4.79 Å². The Balaban J connectivity index is 1.71. The first-order chi connectivity index (χ1) is 13.6. The minimum absolute atomic E-state index is 0.137. The fourth-order valence-corrected chi connectivity index (χ4v) is 3.38. The third kappa shape index (κ3) is 4.73. The van der Waals surface area contributed by atoms with Gasteiger partial charge in [-0.15, -0.1) is 0 Å². The van der Waals surface area contributed by atoms with Crippen molar-refractivity contribution in [3.05, 3.63) is 94.0 Å². The summed E-state index contributed by atoms with van der Waals surface area (Å²) in [5.74, 6) is 0.687. The summed E-state index contributed by atoms with van der Waals surface area (Å²) in [4.78, 5) is 12.8. The molecular weight excluding hydrogens is 370 g/mol. The Kier molecular flexibility index (Phi) is 6.72. The van der Waals surface area contributed by atoms with Gasteiger partial charge in [0.1, 0.15) is 12.4 Å². The smallest absolute Gasteiger partial charge is 0.255 e. The summed E-state index contributed by atoms with van der Waals surface area (Å²) in [6.07, 6.45) is 1.59. The van der Waals surface area contributed by atoms with Gasteiger partial charge in [0.15, 0.2) is 0 Å². The van der Waals surface area contributed by atoms with Gasteiger partial charge in [0, 0.05) is 16.3 Å². The molecule has 0 aliphatic heterocycles. The van der Waals surface area contributed by atoms with E-state index in [0.717, 1.165) is 41.0 Å². The zero-order valence-electron chi connectivity index (χ0n) is 16.2. The number of para-hydroxylation sites is 1. The molecule has 0 saturated carbocycles. The van der Waals surface area contributed by atoms with Gasteiger partial charge in [0.2, 0.25) is 0 Å². The lowest BCUT2D eigenvalue weighted by Crippen LogP contribution is -2.15. The van der Waals surface area contributed by atoms with Crippen LogP contribution in [-0.4, -0.2) is 5.91 Å². The summed E-state index contributed by atoms with van der Waals surface area (Å²) in [5, 5.41) is 3.74. The van der Waals surface area contributed by atoms with Crippen LogP contribution in [0.15, 0.2) is 66.7 Å². The van der Waals surface area contributed by atoms with Crippen molar-refractivity contribution in [3.8, 4) is 5.75 Å². The number of halogens is 1. The quantitative estimate of drug-likeness (QED) is 0.511. The van der Waals surface area contributed by atoms with Crippen LogP contribution < -0.4 is 10.1 Å². The number of nitrogens with one attached hydrogen (secondary N) is 1. The third-order valence-electron chi connectivity index (χ3n) is 4.68. The van der Waals surface area contributed by atoms with Gasteiger partial charge in [-0.25, -0.2) is 0 Å². The highest BCUT2D eigenvalue weighted by Gasteiger charge is 2.14. The second-order valence-corrected chi connectivity index (χ2v) is 6.93. The number of anilines is 1. The summed E-state index contributed by atoms with van der Waals surface area (Å²) >= 11 is 6.33. The summed E-state index contributed by atoms with van der Waals surface area (Å²) in [7, 11) is 0. The number of hydrogen-bond acceptors (Lipinski definition) is 2. The third-order valence-corrected chi connectivity index (χ3v) is 5.03. The highest BCUT2D eigenvalue weighted by molar-refractivity contribution is 6.32. The Morgan fingerprint density at radius 2 is 1.64 bits per heavy atom. The average molecular weight is 394 g/mol. The van der Waals surface area contributed by atoms with E-state index < -0.39 is 0 Å². The Morgan fingerprint density at radius 1 is 0.929 bits per heavy atom. The van der Waals surface area contributed by atoms with Crippen LogP contribution in [0.25, 0.3) is 0 Å². The average Bonchev–Trinajstić information content (AvgIpc) is 2.74. The highest BCUT2D eigenvalue weighted by Crippen LogP contribution is 2.30. The van der Waals surface area contributed by atoms with Crippen LogP contribution in [0.5, 0.6) is 5.75 Å². The van der Waals surface area contributed by atoms with Gasteiger partial charge in [-0.05, 0) is 59.9 Å². The van der Waals surface area contributed by atoms with Crippen molar-refractivity contribution >= 4 is 23.2 Å². The minimum Gasteiger partial charge on any atom is -0.489 e. The van der Waals surface area contributed by atoms with E-state index in [0.29, 0.717) is 17.2 Å². The monoisotopic (exact) mass is 393 g/mol. The molecule has 0 aliphatic rings. The van der Waals surface area contributed by atoms with Gasteiger partial charge in [-0.1, -0.05) is 61.8 Å². The number of rotatable bonds is 7. The summed E-state index contributed by atoms with van der Waals surface area (Å²) in [6.45, 7) is 4.57. The summed E-state index contributed by atoms with van der Waals surface area (Å²) in [6, 6.07) is 21.0. The number of benzene rings is 3. The molecule has 0 atom stereocenters. The summed E-state index contributed by atoms with van der Waals surface area (Å²) < 4.78 is 5.75. The van der Waals surface area contributed by atoms with Crippen LogP contribution in [-0.2, 0) is 19.4 Å². The second-order valence-electron chi connectivity index (χ2n) is 6.52. The Morgan fingerprint density at radius 3 is 2.29 bits per heavy atom. The van der Waals surface area contributed by atoms with E-state index in [1.165, 1.54) is 0 Å². The number of aryl methyl sites for hydroxylation is 1. The van der Waals surface area contributed by atoms with Crippen LogP contribution in [0.4, 0.5) is 5.69 Å². The van der Waals surface area contributed by atoms with Crippen molar-refractivity contribution in [2.24, 2.45) is 0 Å². The number of carbonyl (C=O) groups is 1. The molecular formula is C24H24ClNO2. The molecule has 1 N–H and O–H groups in total. The fourth-order valence-electron chi connectivity index (χ4n) is 3.09. The Hall–Kier alpha value is -2.78. The van der Waals surface area contributed by atoms with Gasteiger partial charge < -0.3 is 10.1 Å². The van der Waals surface area contributed by atoms with Gasteiger partial charge >= 0.3 is 0 Å². The van der Waals surface area contributed by atoms with E-state index >= 15 is 0 Å². The lowest BCUT2D eigenvalue weighted by atomic mass is 10.0. The molecule has 0 fully saturated rings. The second kappa shape index (κ2) is 9.43. The van der Waals surface area contributed by atoms with Crippen molar-refractivity contribution in [2.75, 3.05) is 5.32 Å². The molecule has 1 amide bonds. The molecule has 3 aromatic carbocycles. The highest BCUT2D eigenvalue weighted by atomic mass is 35.5. The van der Waals surface area contributed by atoms with Gasteiger partial charge in [-0.3, -0.25) is 4.79 Å². The van der Waals surface area contributed by atoms with Gasteiger partial charge in [0.25, 0.3) is 5.91 Å². The van der Waals surface area contributed by atoms with E-state index in [-0.39, 0.29) is 5.91 Å². The molecule has 0 saturated heterocycles. The maximum Gasteiger partial charge on any atom is 0.255 e. The minimum atomic E-state index is -0.137. The SMILES string of the molecule is CCc1ccc(Cl)c(CC)c1NC(=O)c1ccc(COc2ccccc2)cc1. The van der Waals surface area contributed by atoms with Gasteiger partial charge in [-0.2, -0.15) is 0 Å². The molecule has 3 rings (SSSR count). The molecule has 0 radical (unpaired) electrons. The predicted octanol–water partition coefficient (Wildman–Crippen LogP) is 6.30. The van der Waals surface area contributed by atoms with Crippen molar-refractivity contribution in [1.82, 2.24) is 0 Å². The molecule has 28 heavy (non-hydrogen) atoms. The van der Waals surface area contributed by atoms with Crippen LogP contribution in [0.1, 0.15) is 40.9 Å². The maximum absolute atomic E-state index is 12.8. The number of hydrogen-bond donors (Lipinski definition) is 1. The molecule has 0 bridgehead atoms. The van der Waals surface area contributed by atoms with Crippen LogP contribution in [0.2, 0.25) is 5.02 Å². The van der Waals surface area contributed by atoms with E-state index in [2.05, 4.69) is 12.2 Å². The molecule has 0 unspecified atom stereocenters. The lowest BCUT2D eigenvalue weighted by Gasteiger charge is -2.16. The Bertz CT molecular complexity index is 937. The van der Waals surface area contributed by atoms with E-state index in [1.54, 1.807) is 0 Å². The van der Waals surface area contributed by atoms with Gasteiger partial charge in [0.05, 0.1) is 0 Å². The first-order valence-corrected chi connectivity index (χ1v) is 9.88. The Labute approximate surface area is 171 Å². The number of ether oxygens (including phenoxy) is 1. The zero-order chi connectivity index (χ0) is 19.9. The molecule has 3 aromatic rings. The summed E-state index contributed by atoms with van der Waals surface area (Å²) in [5.41, 5.74) is 4.50. The van der Waals surface area contributed by atoms with E-state index in [4.69, 9.17) is 16.3 Å².